The molecule has 1 aromatic heterocycles. The molecule has 0 saturated heterocycles. The van der Waals surface area contributed by atoms with Crippen molar-refractivity contribution < 1.29 is 4.74 Å². The SMILES string of the molecule is CCOC(CC)(CC)c1nc(CNC(C)(C)C)cs1. The van der Waals surface area contributed by atoms with E-state index < -0.39 is 0 Å². The largest absolute Gasteiger partial charge is 0.368 e. The second kappa shape index (κ2) is 6.82. The Morgan fingerprint density at radius 1 is 1.21 bits per heavy atom. The zero-order chi connectivity index (χ0) is 14.5. The van der Waals surface area contributed by atoms with Gasteiger partial charge < -0.3 is 10.1 Å². The van der Waals surface area contributed by atoms with Crippen LogP contribution in [0.3, 0.4) is 0 Å². The van der Waals surface area contributed by atoms with Gasteiger partial charge in [-0.1, -0.05) is 13.8 Å². The van der Waals surface area contributed by atoms with E-state index in [-0.39, 0.29) is 11.1 Å². The number of nitrogens with zero attached hydrogens (tertiary/aromatic N) is 1. The van der Waals surface area contributed by atoms with E-state index in [1.54, 1.807) is 11.3 Å². The summed E-state index contributed by atoms with van der Waals surface area (Å²) in [6, 6.07) is 0. The third-order valence-corrected chi connectivity index (χ3v) is 4.38. The molecule has 0 amide bonds. The first-order chi connectivity index (χ1) is 8.87. The molecule has 0 aliphatic heterocycles. The smallest absolute Gasteiger partial charge is 0.125 e. The fourth-order valence-electron chi connectivity index (χ4n) is 2.05. The van der Waals surface area contributed by atoms with Crippen LogP contribution >= 0.6 is 11.3 Å². The first kappa shape index (κ1) is 16.6. The van der Waals surface area contributed by atoms with Crippen LogP contribution < -0.4 is 5.32 Å². The highest BCUT2D eigenvalue weighted by Gasteiger charge is 2.32. The van der Waals surface area contributed by atoms with Crippen molar-refractivity contribution in [2.45, 2.75) is 72.1 Å². The van der Waals surface area contributed by atoms with Gasteiger partial charge in [-0.2, -0.15) is 0 Å². The van der Waals surface area contributed by atoms with Crippen molar-refractivity contribution in [2.75, 3.05) is 6.61 Å². The molecule has 0 unspecified atom stereocenters. The fraction of sp³-hybridized carbons (Fsp3) is 0.800. The summed E-state index contributed by atoms with van der Waals surface area (Å²) in [6.07, 6.45) is 1.94. The highest BCUT2D eigenvalue weighted by Crippen LogP contribution is 2.35. The van der Waals surface area contributed by atoms with Crippen molar-refractivity contribution in [3.8, 4) is 0 Å². The van der Waals surface area contributed by atoms with Crippen molar-refractivity contribution in [1.82, 2.24) is 10.3 Å². The van der Waals surface area contributed by atoms with Crippen molar-refractivity contribution in [1.29, 1.82) is 0 Å². The molecule has 0 radical (unpaired) electrons. The van der Waals surface area contributed by atoms with E-state index in [0.29, 0.717) is 0 Å². The quantitative estimate of drug-likeness (QED) is 0.819. The lowest BCUT2D eigenvalue weighted by Crippen LogP contribution is -2.35. The number of rotatable bonds is 7. The first-order valence-electron chi connectivity index (χ1n) is 7.20. The average Bonchev–Trinajstić information content (AvgIpc) is 2.82. The van der Waals surface area contributed by atoms with E-state index in [0.717, 1.165) is 36.7 Å². The van der Waals surface area contributed by atoms with Crippen LogP contribution in [0.1, 0.15) is 65.1 Å². The Bertz CT molecular complexity index is 378. The fourth-order valence-corrected chi connectivity index (χ4v) is 3.16. The zero-order valence-electron chi connectivity index (χ0n) is 13.2. The molecular weight excluding hydrogens is 256 g/mol. The maximum Gasteiger partial charge on any atom is 0.125 e. The van der Waals surface area contributed by atoms with E-state index >= 15 is 0 Å². The van der Waals surface area contributed by atoms with E-state index in [2.05, 4.69) is 52.2 Å². The van der Waals surface area contributed by atoms with Gasteiger partial charge in [0.25, 0.3) is 0 Å². The van der Waals surface area contributed by atoms with Gasteiger partial charge in [-0.3, -0.25) is 0 Å². The molecular formula is C15H28N2OS. The summed E-state index contributed by atoms with van der Waals surface area (Å²) in [7, 11) is 0. The summed E-state index contributed by atoms with van der Waals surface area (Å²) in [5.41, 5.74) is 1.04. The second-order valence-corrected chi connectivity index (χ2v) is 6.74. The molecule has 19 heavy (non-hydrogen) atoms. The van der Waals surface area contributed by atoms with E-state index in [1.165, 1.54) is 0 Å². The van der Waals surface area contributed by atoms with Crippen molar-refractivity contribution in [3.63, 3.8) is 0 Å². The van der Waals surface area contributed by atoms with Crippen LogP contribution in [-0.4, -0.2) is 17.1 Å². The van der Waals surface area contributed by atoms with Crippen molar-refractivity contribution >= 4 is 11.3 Å². The summed E-state index contributed by atoms with van der Waals surface area (Å²) < 4.78 is 6.00. The lowest BCUT2D eigenvalue weighted by Gasteiger charge is -2.29. The number of thiazole rings is 1. The van der Waals surface area contributed by atoms with Gasteiger partial charge in [0, 0.05) is 24.1 Å². The molecule has 4 heteroatoms. The predicted molar refractivity (Wildman–Crippen MR) is 82.6 cm³/mol. The summed E-state index contributed by atoms with van der Waals surface area (Å²) in [4.78, 5) is 4.78. The molecule has 1 N–H and O–H groups in total. The average molecular weight is 284 g/mol. The van der Waals surface area contributed by atoms with Gasteiger partial charge in [0.2, 0.25) is 0 Å². The number of nitrogens with one attached hydrogen (secondary N) is 1. The van der Waals surface area contributed by atoms with Crippen LogP contribution in [0.15, 0.2) is 5.38 Å². The molecule has 0 aliphatic carbocycles. The van der Waals surface area contributed by atoms with E-state index in [9.17, 15) is 0 Å². The highest BCUT2D eigenvalue weighted by molar-refractivity contribution is 7.09. The molecule has 1 heterocycles. The molecule has 0 saturated carbocycles. The van der Waals surface area contributed by atoms with Gasteiger partial charge >= 0.3 is 0 Å². The number of hydrogen-bond acceptors (Lipinski definition) is 4. The van der Waals surface area contributed by atoms with Crippen LogP contribution in [0.25, 0.3) is 0 Å². The topological polar surface area (TPSA) is 34.1 Å². The Hall–Kier alpha value is -0.450. The summed E-state index contributed by atoms with van der Waals surface area (Å²) in [5.74, 6) is 0. The second-order valence-electron chi connectivity index (χ2n) is 5.88. The zero-order valence-corrected chi connectivity index (χ0v) is 14.0. The number of aromatic nitrogens is 1. The van der Waals surface area contributed by atoms with Crippen molar-refractivity contribution in [3.05, 3.63) is 16.1 Å². The Labute approximate surface area is 121 Å². The molecule has 1 rings (SSSR count). The minimum atomic E-state index is -0.195. The Morgan fingerprint density at radius 2 is 1.84 bits per heavy atom. The molecule has 0 fully saturated rings. The number of hydrogen-bond donors (Lipinski definition) is 1. The maximum absolute atomic E-state index is 6.00. The lowest BCUT2D eigenvalue weighted by molar-refractivity contribution is -0.0507. The summed E-state index contributed by atoms with van der Waals surface area (Å²) in [5, 5.41) is 6.74. The molecule has 1 aromatic rings. The molecule has 0 aromatic carbocycles. The van der Waals surface area contributed by atoms with Crippen molar-refractivity contribution in [2.24, 2.45) is 0 Å². The molecule has 0 bridgehead atoms. The lowest BCUT2D eigenvalue weighted by atomic mass is 9.98. The highest BCUT2D eigenvalue weighted by atomic mass is 32.1. The van der Waals surface area contributed by atoms with Gasteiger partial charge in [-0.05, 0) is 40.5 Å². The van der Waals surface area contributed by atoms with E-state index in [4.69, 9.17) is 9.72 Å². The normalized spacial score (nSPS) is 12.9. The minimum absolute atomic E-state index is 0.121. The van der Waals surface area contributed by atoms with Gasteiger partial charge in [-0.15, -0.1) is 11.3 Å². The Morgan fingerprint density at radius 3 is 2.32 bits per heavy atom. The first-order valence-corrected chi connectivity index (χ1v) is 8.08. The van der Waals surface area contributed by atoms with Gasteiger partial charge in [0.05, 0.1) is 5.69 Å². The van der Waals surface area contributed by atoms with E-state index in [1.807, 2.05) is 0 Å². The van der Waals surface area contributed by atoms with Crippen LogP contribution in [0, 0.1) is 0 Å². The van der Waals surface area contributed by atoms with Gasteiger partial charge in [0.15, 0.2) is 0 Å². The Kier molecular flexibility index (Phi) is 5.96. The summed E-state index contributed by atoms with van der Waals surface area (Å²) >= 11 is 1.72. The summed E-state index contributed by atoms with van der Waals surface area (Å²) in [6.45, 7) is 14.5. The van der Waals surface area contributed by atoms with Gasteiger partial charge in [0.1, 0.15) is 10.6 Å². The molecule has 3 nitrogen and oxygen atoms in total. The third-order valence-electron chi connectivity index (χ3n) is 3.30. The number of ether oxygens (including phenoxy) is 1. The van der Waals surface area contributed by atoms with Crippen LogP contribution in [-0.2, 0) is 16.9 Å². The Balaban J connectivity index is 2.81. The standard InChI is InChI=1S/C15H28N2OS/c1-7-15(8-2,18-9-3)13-17-12(11-19-13)10-16-14(4,5)6/h11,16H,7-10H2,1-6H3. The maximum atomic E-state index is 6.00. The molecule has 0 spiro atoms. The molecule has 110 valence electrons. The monoisotopic (exact) mass is 284 g/mol. The minimum Gasteiger partial charge on any atom is -0.368 e. The van der Waals surface area contributed by atoms with Crippen LogP contribution in [0.5, 0.6) is 0 Å². The molecule has 0 atom stereocenters. The van der Waals surface area contributed by atoms with Crippen LogP contribution in [0.2, 0.25) is 0 Å². The molecule has 0 aliphatic rings. The predicted octanol–water partition coefficient (Wildman–Crippen LogP) is 4.08. The van der Waals surface area contributed by atoms with Crippen LogP contribution in [0.4, 0.5) is 0 Å². The van der Waals surface area contributed by atoms with Gasteiger partial charge in [-0.25, -0.2) is 4.98 Å². The third kappa shape index (κ3) is 4.55.